The highest BCUT2D eigenvalue weighted by Gasteiger charge is 2.16. The van der Waals surface area contributed by atoms with Gasteiger partial charge in [-0.15, -0.1) is 0 Å². The summed E-state index contributed by atoms with van der Waals surface area (Å²) in [7, 11) is 0. The minimum atomic E-state index is -0.782. The van der Waals surface area contributed by atoms with Crippen molar-refractivity contribution in [3.05, 3.63) is 36.5 Å². The van der Waals surface area contributed by atoms with E-state index in [0.29, 0.717) is 12.8 Å². The number of allylic oxidation sites excluding steroid dienone is 6. The molecule has 0 radical (unpaired) electrons. The summed E-state index contributed by atoms with van der Waals surface area (Å²) in [5.74, 6) is -0.621. The Morgan fingerprint density at radius 1 is 0.533 bits per heavy atom. The Balaban J connectivity index is 3.55. The average molecular weight is 633 g/mol. The maximum atomic E-state index is 12.1. The molecule has 0 aliphatic carbocycles. The largest absolute Gasteiger partial charge is 0.462 e. The number of hydrogen-bond acceptors (Lipinski definition) is 5. The third-order valence-electron chi connectivity index (χ3n) is 8.20. The Morgan fingerprint density at radius 3 is 1.44 bits per heavy atom. The van der Waals surface area contributed by atoms with Crippen molar-refractivity contribution in [3.63, 3.8) is 0 Å². The molecule has 0 aliphatic heterocycles. The van der Waals surface area contributed by atoms with Gasteiger partial charge in [-0.2, -0.15) is 0 Å². The van der Waals surface area contributed by atoms with E-state index in [-0.39, 0.29) is 25.2 Å². The van der Waals surface area contributed by atoms with Crippen LogP contribution in [0.5, 0.6) is 0 Å². The first kappa shape index (κ1) is 43.1. The van der Waals surface area contributed by atoms with E-state index in [1.165, 1.54) is 96.3 Å². The van der Waals surface area contributed by atoms with Gasteiger partial charge in [-0.1, -0.05) is 166 Å². The SMILES string of the molecule is CC/C=C\C/C=C\C/C=C\CCCCCC(=O)OC(CO)COC(=O)CCCCCCCCCCCCCCCCCCCC. The van der Waals surface area contributed by atoms with E-state index >= 15 is 0 Å². The van der Waals surface area contributed by atoms with Gasteiger partial charge in [-0.3, -0.25) is 9.59 Å². The summed E-state index contributed by atoms with van der Waals surface area (Å²) in [4.78, 5) is 24.2. The first-order valence-electron chi connectivity index (χ1n) is 19.0. The van der Waals surface area contributed by atoms with Crippen molar-refractivity contribution in [2.24, 2.45) is 0 Å². The van der Waals surface area contributed by atoms with Crippen molar-refractivity contribution < 1.29 is 24.2 Å². The van der Waals surface area contributed by atoms with E-state index in [1.807, 2.05) is 0 Å². The van der Waals surface area contributed by atoms with Gasteiger partial charge < -0.3 is 14.6 Å². The van der Waals surface area contributed by atoms with Gasteiger partial charge in [0.1, 0.15) is 6.61 Å². The summed E-state index contributed by atoms with van der Waals surface area (Å²) >= 11 is 0. The van der Waals surface area contributed by atoms with Crippen LogP contribution in [-0.4, -0.2) is 36.4 Å². The molecule has 0 aromatic rings. The zero-order valence-electron chi connectivity index (χ0n) is 29.6. The molecular weight excluding hydrogens is 560 g/mol. The van der Waals surface area contributed by atoms with Gasteiger partial charge in [0.25, 0.3) is 0 Å². The molecule has 0 saturated carbocycles. The highest BCUT2D eigenvalue weighted by atomic mass is 16.6. The molecule has 0 amide bonds. The monoisotopic (exact) mass is 633 g/mol. The zero-order valence-corrected chi connectivity index (χ0v) is 29.6. The lowest BCUT2D eigenvalue weighted by Gasteiger charge is -2.15. The predicted molar refractivity (Wildman–Crippen MR) is 191 cm³/mol. The lowest BCUT2D eigenvalue weighted by molar-refractivity contribution is -0.161. The topological polar surface area (TPSA) is 72.8 Å². The number of esters is 2. The second-order valence-corrected chi connectivity index (χ2v) is 12.6. The molecule has 1 atom stereocenters. The lowest BCUT2D eigenvalue weighted by atomic mass is 10.0. The van der Waals surface area contributed by atoms with Gasteiger partial charge in [-0.05, 0) is 44.9 Å². The molecule has 0 heterocycles. The summed E-state index contributed by atoms with van der Waals surface area (Å²) in [6.07, 6.45) is 43.5. The summed E-state index contributed by atoms with van der Waals surface area (Å²) in [6, 6.07) is 0. The summed E-state index contributed by atoms with van der Waals surface area (Å²) in [5.41, 5.74) is 0. The Bertz CT molecular complexity index is 726. The van der Waals surface area contributed by atoms with Crippen molar-refractivity contribution in [1.82, 2.24) is 0 Å². The van der Waals surface area contributed by atoms with Gasteiger partial charge in [0.15, 0.2) is 6.10 Å². The first-order valence-corrected chi connectivity index (χ1v) is 19.0. The predicted octanol–water partition coefficient (Wildman–Crippen LogP) is 11.7. The molecule has 0 aromatic carbocycles. The number of rotatable bonds is 34. The van der Waals surface area contributed by atoms with Crippen molar-refractivity contribution >= 4 is 11.9 Å². The standard InChI is InChI=1S/C40H72O5/c1-3-5-7-9-11-13-15-17-18-19-20-21-23-24-26-28-30-32-34-39(42)44-37-38(36-41)45-40(43)35-33-31-29-27-25-22-16-14-12-10-8-6-4-2/h6,8,12,14,22,25,38,41H,3-5,7,9-11,13,15-21,23-24,26-37H2,1-2H3/b8-6-,14-12-,25-22-. The lowest BCUT2D eigenvalue weighted by Crippen LogP contribution is -2.28. The molecule has 0 fully saturated rings. The number of carbonyl (C=O) groups excluding carboxylic acids is 2. The van der Waals surface area contributed by atoms with Gasteiger partial charge in [-0.25, -0.2) is 0 Å². The Kier molecular flexibility index (Phi) is 35.1. The van der Waals surface area contributed by atoms with Crippen LogP contribution in [0.3, 0.4) is 0 Å². The van der Waals surface area contributed by atoms with Crippen LogP contribution in [0.25, 0.3) is 0 Å². The summed E-state index contributed by atoms with van der Waals surface area (Å²) in [6.45, 7) is 4.00. The quantitative estimate of drug-likeness (QED) is 0.0434. The molecule has 0 aromatic heterocycles. The van der Waals surface area contributed by atoms with Crippen LogP contribution < -0.4 is 0 Å². The maximum absolute atomic E-state index is 12.1. The summed E-state index contributed by atoms with van der Waals surface area (Å²) < 4.78 is 10.6. The highest BCUT2D eigenvalue weighted by molar-refractivity contribution is 5.70. The maximum Gasteiger partial charge on any atom is 0.306 e. The minimum absolute atomic E-state index is 0.0751. The molecule has 0 spiro atoms. The van der Waals surface area contributed by atoms with Crippen LogP contribution in [0.2, 0.25) is 0 Å². The zero-order chi connectivity index (χ0) is 32.9. The smallest absolute Gasteiger partial charge is 0.306 e. The van der Waals surface area contributed by atoms with E-state index in [0.717, 1.165) is 64.2 Å². The normalized spacial score (nSPS) is 12.5. The Hall–Kier alpha value is -1.88. The number of aliphatic hydroxyl groups excluding tert-OH is 1. The third kappa shape index (κ3) is 34.8. The van der Waals surface area contributed by atoms with Gasteiger partial charge in [0.2, 0.25) is 0 Å². The van der Waals surface area contributed by atoms with Crippen LogP contribution in [0.1, 0.15) is 187 Å². The number of ether oxygens (including phenoxy) is 2. The first-order chi connectivity index (χ1) is 22.1. The molecule has 1 N–H and O–H groups in total. The number of carbonyl (C=O) groups is 2. The third-order valence-corrected chi connectivity index (χ3v) is 8.20. The minimum Gasteiger partial charge on any atom is -0.462 e. The molecule has 1 unspecified atom stereocenters. The number of unbranched alkanes of at least 4 members (excludes halogenated alkanes) is 20. The average Bonchev–Trinajstić information content (AvgIpc) is 3.04. The van der Waals surface area contributed by atoms with Crippen molar-refractivity contribution in [1.29, 1.82) is 0 Å². The second kappa shape index (κ2) is 36.6. The molecule has 0 aliphatic rings. The molecule has 45 heavy (non-hydrogen) atoms. The molecule has 0 saturated heterocycles. The van der Waals surface area contributed by atoms with Crippen LogP contribution in [0.15, 0.2) is 36.5 Å². The van der Waals surface area contributed by atoms with E-state index in [2.05, 4.69) is 50.3 Å². The molecule has 262 valence electrons. The van der Waals surface area contributed by atoms with E-state index in [9.17, 15) is 14.7 Å². The van der Waals surface area contributed by atoms with Crippen molar-refractivity contribution in [2.45, 2.75) is 193 Å². The Labute approximate surface area is 278 Å². The van der Waals surface area contributed by atoms with Gasteiger partial charge in [0.05, 0.1) is 6.61 Å². The van der Waals surface area contributed by atoms with E-state index in [1.54, 1.807) is 0 Å². The van der Waals surface area contributed by atoms with Crippen molar-refractivity contribution in [2.75, 3.05) is 13.2 Å². The fourth-order valence-corrected chi connectivity index (χ4v) is 5.33. The van der Waals surface area contributed by atoms with E-state index in [4.69, 9.17) is 9.47 Å². The highest BCUT2D eigenvalue weighted by Crippen LogP contribution is 2.15. The Morgan fingerprint density at radius 2 is 0.956 bits per heavy atom. The fraction of sp³-hybridized carbons (Fsp3) is 0.800. The number of hydrogen-bond donors (Lipinski definition) is 1. The van der Waals surface area contributed by atoms with E-state index < -0.39 is 6.10 Å². The van der Waals surface area contributed by atoms with Gasteiger partial charge in [0, 0.05) is 12.8 Å². The molecular formula is C40H72O5. The van der Waals surface area contributed by atoms with Crippen LogP contribution in [-0.2, 0) is 19.1 Å². The molecule has 0 bridgehead atoms. The molecule has 0 rings (SSSR count). The van der Waals surface area contributed by atoms with Crippen LogP contribution >= 0.6 is 0 Å². The molecule has 5 heteroatoms. The molecule has 5 nitrogen and oxygen atoms in total. The van der Waals surface area contributed by atoms with Crippen LogP contribution in [0, 0.1) is 0 Å². The number of aliphatic hydroxyl groups is 1. The summed E-state index contributed by atoms with van der Waals surface area (Å²) in [5, 5.41) is 9.53. The van der Waals surface area contributed by atoms with Gasteiger partial charge >= 0.3 is 11.9 Å². The fourth-order valence-electron chi connectivity index (χ4n) is 5.33. The second-order valence-electron chi connectivity index (χ2n) is 12.6. The van der Waals surface area contributed by atoms with Crippen LogP contribution in [0.4, 0.5) is 0 Å². The van der Waals surface area contributed by atoms with Crippen molar-refractivity contribution in [3.8, 4) is 0 Å².